The molecule has 128 valence electrons. The van der Waals surface area contributed by atoms with Crippen LogP contribution in [0.2, 0.25) is 0 Å². The van der Waals surface area contributed by atoms with Crippen LogP contribution < -0.4 is 0 Å². The molecule has 0 unspecified atom stereocenters. The maximum absolute atomic E-state index is 12.7. The summed E-state index contributed by atoms with van der Waals surface area (Å²) in [6.45, 7) is 1.95. The van der Waals surface area contributed by atoms with Gasteiger partial charge in [0.25, 0.3) is 0 Å². The quantitative estimate of drug-likeness (QED) is 0.689. The lowest BCUT2D eigenvalue weighted by Crippen LogP contribution is -2.39. The van der Waals surface area contributed by atoms with Crippen LogP contribution in [0.4, 0.5) is 0 Å². The lowest BCUT2D eigenvalue weighted by molar-refractivity contribution is -0.142. The van der Waals surface area contributed by atoms with Crippen LogP contribution in [0.5, 0.6) is 0 Å². The molecule has 6 heteroatoms. The number of hydrogen-bond donors (Lipinski definition) is 0. The summed E-state index contributed by atoms with van der Waals surface area (Å²) in [5.41, 5.74) is 0. The van der Waals surface area contributed by atoms with Crippen molar-refractivity contribution < 1.29 is 14.3 Å². The SMILES string of the molecule is COC(=O)CCN(CCCn1ccnc1)C(=O)C1CCCCC1. The molecule has 1 aromatic rings. The Morgan fingerprint density at radius 3 is 2.70 bits per heavy atom. The Morgan fingerprint density at radius 2 is 2.04 bits per heavy atom. The zero-order chi connectivity index (χ0) is 16.5. The van der Waals surface area contributed by atoms with Crippen molar-refractivity contribution in [3.63, 3.8) is 0 Å². The highest BCUT2D eigenvalue weighted by atomic mass is 16.5. The lowest BCUT2D eigenvalue weighted by atomic mass is 9.88. The van der Waals surface area contributed by atoms with Gasteiger partial charge < -0.3 is 14.2 Å². The minimum Gasteiger partial charge on any atom is -0.469 e. The predicted octanol–water partition coefficient (Wildman–Crippen LogP) is 2.25. The Bertz CT molecular complexity index is 481. The first kappa shape index (κ1) is 17.5. The third kappa shape index (κ3) is 5.69. The Balaban J connectivity index is 1.86. The molecule has 0 aliphatic heterocycles. The summed E-state index contributed by atoms with van der Waals surface area (Å²) in [4.78, 5) is 30.0. The van der Waals surface area contributed by atoms with E-state index in [4.69, 9.17) is 4.74 Å². The number of imidazole rings is 1. The molecule has 0 N–H and O–H groups in total. The summed E-state index contributed by atoms with van der Waals surface area (Å²) in [6.07, 6.45) is 12.0. The number of nitrogens with zero attached hydrogens (tertiary/aromatic N) is 3. The number of aryl methyl sites for hydroxylation is 1. The van der Waals surface area contributed by atoms with Gasteiger partial charge in [0.2, 0.25) is 5.91 Å². The molecule has 0 spiro atoms. The molecule has 0 radical (unpaired) electrons. The number of amides is 1. The van der Waals surface area contributed by atoms with E-state index >= 15 is 0 Å². The maximum atomic E-state index is 12.7. The summed E-state index contributed by atoms with van der Waals surface area (Å²) in [5, 5.41) is 0. The second-order valence-electron chi connectivity index (χ2n) is 6.14. The normalized spacial score (nSPS) is 15.3. The molecule has 0 atom stereocenters. The number of methoxy groups -OCH3 is 1. The van der Waals surface area contributed by atoms with Gasteiger partial charge >= 0.3 is 5.97 Å². The molecule has 1 aliphatic carbocycles. The van der Waals surface area contributed by atoms with Crippen molar-refractivity contribution in [2.24, 2.45) is 5.92 Å². The Hall–Kier alpha value is -1.85. The van der Waals surface area contributed by atoms with Gasteiger partial charge in [-0.05, 0) is 19.3 Å². The first-order chi connectivity index (χ1) is 11.2. The highest BCUT2D eigenvalue weighted by molar-refractivity contribution is 5.79. The predicted molar refractivity (Wildman–Crippen MR) is 86.6 cm³/mol. The monoisotopic (exact) mass is 321 g/mol. The third-order valence-electron chi connectivity index (χ3n) is 4.48. The lowest BCUT2D eigenvalue weighted by Gasteiger charge is -2.29. The molecule has 6 nitrogen and oxygen atoms in total. The van der Waals surface area contributed by atoms with E-state index in [-0.39, 0.29) is 24.2 Å². The number of carbonyl (C=O) groups excluding carboxylic acids is 2. The van der Waals surface area contributed by atoms with Crippen LogP contribution in [0, 0.1) is 5.92 Å². The van der Waals surface area contributed by atoms with Crippen molar-refractivity contribution in [3.05, 3.63) is 18.7 Å². The van der Waals surface area contributed by atoms with Crippen LogP contribution in [-0.2, 0) is 20.9 Å². The average molecular weight is 321 g/mol. The van der Waals surface area contributed by atoms with Gasteiger partial charge in [-0.1, -0.05) is 19.3 Å². The number of ether oxygens (including phenoxy) is 1. The Morgan fingerprint density at radius 1 is 1.26 bits per heavy atom. The largest absolute Gasteiger partial charge is 0.469 e. The average Bonchev–Trinajstić information content (AvgIpc) is 3.11. The molecule has 1 amide bonds. The van der Waals surface area contributed by atoms with Gasteiger partial charge in [0.05, 0.1) is 19.9 Å². The smallest absolute Gasteiger partial charge is 0.307 e. The van der Waals surface area contributed by atoms with E-state index in [2.05, 4.69) is 4.98 Å². The van der Waals surface area contributed by atoms with Crippen LogP contribution in [-0.4, -0.2) is 46.5 Å². The van der Waals surface area contributed by atoms with Crippen molar-refractivity contribution in [1.82, 2.24) is 14.5 Å². The van der Waals surface area contributed by atoms with Gasteiger partial charge in [-0.2, -0.15) is 0 Å². The Labute approximate surface area is 137 Å². The van der Waals surface area contributed by atoms with Crippen molar-refractivity contribution in [3.8, 4) is 0 Å². The zero-order valence-corrected chi connectivity index (χ0v) is 13.9. The van der Waals surface area contributed by atoms with Crippen molar-refractivity contribution in [2.45, 2.75) is 51.5 Å². The summed E-state index contributed by atoms with van der Waals surface area (Å²) in [7, 11) is 1.38. The van der Waals surface area contributed by atoms with Gasteiger partial charge in [0.15, 0.2) is 0 Å². The molecule has 0 saturated heterocycles. The van der Waals surface area contributed by atoms with E-state index < -0.39 is 0 Å². The maximum Gasteiger partial charge on any atom is 0.307 e. The fourth-order valence-electron chi connectivity index (χ4n) is 3.13. The summed E-state index contributed by atoms with van der Waals surface area (Å²) in [6, 6.07) is 0. The number of aromatic nitrogens is 2. The van der Waals surface area contributed by atoms with Crippen molar-refractivity contribution in [1.29, 1.82) is 0 Å². The summed E-state index contributed by atoms with van der Waals surface area (Å²) < 4.78 is 6.70. The van der Waals surface area contributed by atoms with Gasteiger partial charge in [-0.25, -0.2) is 4.98 Å². The van der Waals surface area contributed by atoms with E-state index in [1.807, 2.05) is 15.7 Å². The van der Waals surface area contributed by atoms with E-state index in [9.17, 15) is 9.59 Å². The molecule has 2 rings (SSSR count). The second kappa shape index (κ2) is 9.33. The minimum absolute atomic E-state index is 0.134. The molecular weight excluding hydrogens is 294 g/mol. The fraction of sp³-hybridized carbons (Fsp3) is 0.706. The van der Waals surface area contributed by atoms with E-state index in [1.54, 1.807) is 12.5 Å². The van der Waals surface area contributed by atoms with Gasteiger partial charge in [-0.15, -0.1) is 0 Å². The topological polar surface area (TPSA) is 64.4 Å². The highest BCUT2D eigenvalue weighted by Crippen LogP contribution is 2.25. The van der Waals surface area contributed by atoms with Crippen LogP contribution >= 0.6 is 0 Å². The van der Waals surface area contributed by atoms with Crippen molar-refractivity contribution in [2.75, 3.05) is 20.2 Å². The summed E-state index contributed by atoms with van der Waals surface area (Å²) >= 11 is 0. The van der Waals surface area contributed by atoms with Gasteiger partial charge in [0, 0.05) is 37.9 Å². The number of esters is 1. The van der Waals surface area contributed by atoms with Crippen LogP contribution in [0.3, 0.4) is 0 Å². The van der Waals surface area contributed by atoms with E-state index in [1.165, 1.54) is 13.5 Å². The molecular formula is C17H27N3O3. The first-order valence-corrected chi connectivity index (χ1v) is 8.52. The standard InChI is InChI=1S/C17H27N3O3/c1-23-16(21)8-12-20(11-5-10-19-13-9-18-14-19)17(22)15-6-3-2-4-7-15/h9,13-15H,2-8,10-12H2,1H3. The van der Waals surface area contributed by atoms with E-state index in [0.29, 0.717) is 13.1 Å². The molecule has 1 fully saturated rings. The second-order valence-corrected chi connectivity index (χ2v) is 6.14. The molecule has 1 saturated carbocycles. The molecule has 0 aromatic carbocycles. The van der Waals surface area contributed by atoms with Crippen LogP contribution in [0.15, 0.2) is 18.7 Å². The molecule has 1 aliphatic rings. The van der Waals surface area contributed by atoms with E-state index in [0.717, 1.165) is 38.6 Å². The van der Waals surface area contributed by atoms with Crippen LogP contribution in [0.25, 0.3) is 0 Å². The third-order valence-corrected chi connectivity index (χ3v) is 4.48. The number of hydrogen-bond acceptors (Lipinski definition) is 4. The van der Waals surface area contributed by atoms with Gasteiger partial charge in [-0.3, -0.25) is 9.59 Å². The zero-order valence-electron chi connectivity index (χ0n) is 13.9. The van der Waals surface area contributed by atoms with Crippen LogP contribution in [0.1, 0.15) is 44.9 Å². The van der Waals surface area contributed by atoms with Gasteiger partial charge in [0.1, 0.15) is 0 Å². The number of carbonyl (C=O) groups is 2. The fourth-order valence-corrected chi connectivity index (χ4v) is 3.13. The molecule has 1 heterocycles. The molecule has 23 heavy (non-hydrogen) atoms. The molecule has 1 aromatic heterocycles. The minimum atomic E-state index is -0.263. The first-order valence-electron chi connectivity index (χ1n) is 8.52. The van der Waals surface area contributed by atoms with Crippen molar-refractivity contribution >= 4 is 11.9 Å². The summed E-state index contributed by atoms with van der Waals surface area (Å²) in [5.74, 6) is 0.0786. The Kier molecular flexibility index (Phi) is 7.10. The molecule has 0 bridgehead atoms. The highest BCUT2D eigenvalue weighted by Gasteiger charge is 2.26. The number of rotatable bonds is 8.